The van der Waals surface area contributed by atoms with E-state index in [1.807, 2.05) is 29.0 Å². The van der Waals surface area contributed by atoms with E-state index >= 15 is 0 Å². The molecule has 6 heteroatoms. The first-order valence-electron chi connectivity index (χ1n) is 5.86. The predicted molar refractivity (Wildman–Crippen MR) is 78.1 cm³/mol. The molecule has 19 heavy (non-hydrogen) atoms. The van der Waals surface area contributed by atoms with Crippen LogP contribution in [0.4, 0.5) is 0 Å². The van der Waals surface area contributed by atoms with Gasteiger partial charge in [0.05, 0.1) is 23.5 Å². The molecule has 2 aromatic heterocycles. The molecule has 0 atom stereocenters. The quantitative estimate of drug-likeness (QED) is 0.755. The molecule has 0 aliphatic rings. The van der Waals surface area contributed by atoms with Crippen LogP contribution in [0.5, 0.6) is 0 Å². The number of thiazole rings is 1. The van der Waals surface area contributed by atoms with Gasteiger partial charge in [-0.3, -0.25) is 4.79 Å². The van der Waals surface area contributed by atoms with Crippen LogP contribution in [0.3, 0.4) is 0 Å². The summed E-state index contributed by atoms with van der Waals surface area (Å²) >= 11 is 7.13. The number of nitrogens with one attached hydrogen (secondary N) is 1. The fourth-order valence-corrected chi connectivity index (χ4v) is 2.91. The number of fused-ring (bicyclic) bond motifs is 1. The first-order chi connectivity index (χ1) is 9.17. The second-order valence-corrected chi connectivity index (χ2v) is 5.52. The maximum atomic E-state index is 11.2. The summed E-state index contributed by atoms with van der Waals surface area (Å²) in [5.41, 5.74) is 4.02. The highest BCUT2D eigenvalue weighted by molar-refractivity contribution is 7.07. The highest BCUT2D eigenvalue weighted by Crippen LogP contribution is 2.20. The molecule has 1 N–H and O–H groups in total. The van der Waals surface area contributed by atoms with Crippen molar-refractivity contribution in [3.8, 4) is 0 Å². The minimum Gasteiger partial charge on any atom is -0.321 e. The summed E-state index contributed by atoms with van der Waals surface area (Å²) in [5.74, 6) is 1.16. The number of nitrogens with zero attached hydrogens (tertiary/aromatic N) is 2. The van der Waals surface area contributed by atoms with E-state index in [1.54, 1.807) is 0 Å². The number of imidazole rings is 1. The second kappa shape index (κ2) is 4.83. The molecular weight excluding hydrogens is 282 g/mol. The lowest BCUT2D eigenvalue weighted by Gasteiger charge is -2.05. The molecule has 0 bridgehead atoms. The van der Waals surface area contributed by atoms with Gasteiger partial charge in [-0.15, -0.1) is 11.6 Å². The highest BCUT2D eigenvalue weighted by Gasteiger charge is 2.11. The normalized spacial score (nSPS) is 11.3. The second-order valence-electron chi connectivity index (χ2n) is 4.41. The molecule has 0 radical (unpaired) electrons. The van der Waals surface area contributed by atoms with Gasteiger partial charge in [-0.2, -0.15) is 0 Å². The Morgan fingerprint density at radius 3 is 3.00 bits per heavy atom. The van der Waals surface area contributed by atoms with Crippen molar-refractivity contribution in [1.29, 1.82) is 0 Å². The maximum Gasteiger partial charge on any atom is 0.304 e. The molecule has 3 aromatic rings. The minimum absolute atomic E-state index is 0.0392. The zero-order valence-corrected chi connectivity index (χ0v) is 11.9. The molecule has 0 saturated heterocycles. The van der Waals surface area contributed by atoms with E-state index in [0.29, 0.717) is 12.4 Å². The van der Waals surface area contributed by atoms with Crippen molar-refractivity contribution in [1.82, 2.24) is 14.5 Å². The SMILES string of the molecule is Cc1ccc2c(c1)nc(CCl)n2Cc1csc(=O)[nH]1. The van der Waals surface area contributed by atoms with Gasteiger partial charge in [0, 0.05) is 11.1 Å². The third kappa shape index (κ3) is 2.31. The van der Waals surface area contributed by atoms with E-state index in [9.17, 15) is 4.79 Å². The summed E-state index contributed by atoms with van der Waals surface area (Å²) in [5, 5.41) is 1.83. The van der Waals surface area contributed by atoms with Crippen LogP contribution in [-0.4, -0.2) is 14.5 Å². The van der Waals surface area contributed by atoms with Crippen molar-refractivity contribution in [2.75, 3.05) is 0 Å². The number of benzene rings is 1. The zero-order chi connectivity index (χ0) is 13.4. The lowest BCUT2D eigenvalue weighted by Crippen LogP contribution is -2.06. The Labute approximate surface area is 118 Å². The molecule has 0 fully saturated rings. The van der Waals surface area contributed by atoms with Gasteiger partial charge in [0.2, 0.25) is 0 Å². The molecule has 2 heterocycles. The molecule has 0 amide bonds. The average molecular weight is 294 g/mol. The lowest BCUT2D eigenvalue weighted by molar-refractivity contribution is 0.761. The summed E-state index contributed by atoms with van der Waals surface area (Å²) in [4.78, 5) is 18.5. The van der Waals surface area contributed by atoms with Gasteiger partial charge < -0.3 is 9.55 Å². The van der Waals surface area contributed by atoms with Crippen LogP contribution >= 0.6 is 22.9 Å². The van der Waals surface area contributed by atoms with Crippen LogP contribution in [0.2, 0.25) is 0 Å². The molecular formula is C13H12ClN3OS. The Balaban J connectivity index is 2.12. The Hall–Kier alpha value is -1.59. The standard InChI is InChI=1S/C13H12ClN3OS/c1-8-2-3-11-10(4-8)16-12(5-14)17(11)6-9-7-19-13(18)15-9/h2-4,7H,5-6H2,1H3,(H,15,18). The van der Waals surface area contributed by atoms with E-state index < -0.39 is 0 Å². The molecule has 98 valence electrons. The summed E-state index contributed by atoms with van der Waals surface area (Å²) in [6.45, 7) is 2.62. The van der Waals surface area contributed by atoms with Gasteiger partial charge >= 0.3 is 4.87 Å². The molecule has 0 spiro atoms. The van der Waals surface area contributed by atoms with Gasteiger partial charge in [-0.25, -0.2) is 4.98 Å². The largest absolute Gasteiger partial charge is 0.321 e. The number of rotatable bonds is 3. The number of aromatic nitrogens is 3. The van der Waals surface area contributed by atoms with Crippen molar-refractivity contribution >= 4 is 34.0 Å². The molecule has 0 unspecified atom stereocenters. The predicted octanol–water partition coefficient (Wildman–Crippen LogP) is 2.88. The summed E-state index contributed by atoms with van der Waals surface area (Å²) < 4.78 is 2.04. The van der Waals surface area contributed by atoms with E-state index in [0.717, 1.165) is 22.6 Å². The van der Waals surface area contributed by atoms with Crippen LogP contribution in [0.15, 0.2) is 28.4 Å². The van der Waals surface area contributed by atoms with E-state index in [1.165, 1.54) is 16.9 Å². The van der Waals surface area contributed by atoms with Crippen LogP contribution in [-0.2, 0) is 12.4 Å². The highest BCUT2D eigenvalue weighted by atomic mass is 35.5. The number of halogens is 1. The van der Waals surface area contributed by atoms with Gasteiger partial charge in [-0.05, 0) is 24.6 Å². The average Bonchev–Trinajstić information content (AvgIpc) is 2.94. The maximum absolute atomic E-state index is 11.2. The van der Waals surface area contributed by atoms with E-state index in [4.69, 9.17) is 11.6 Å². The van der Waals surface area contributed by atoms with Gasteiger partial charge in [0.15, 0.2) is 0 Å². The molecule has 3 rings (SSSR count). The molecule has 4 nitrogen and oxygen atoms in total. The molecule has 0 aliphatic carbocycles. The van der Waals surface area contributed by atoms with Crippen molar-refractivity contribution < 1.29 is 0 Å². The van der Waals surface area contributed by atoms with Crippen LogP contribution in [0.1, 0.15) is 17.1 Å². The Bertz CT molecular complexity index is 787. The minimum atomic E-state index is -0.0392. The molecule has 0 saturated carbocycles. The van der Waals surface area contributed by atoms with E-state index in [-0.39, 0.29) is 4.87 Å². The Kier molecular flexibility index (Phi) is 3.16. The number of aryl methyl sites for hydroxylation is 1. The smallest absolute Gasteiger partial charge is 0.304 e. The summed E-state index contributed by atoms with van der Waals surface area (Å²) in [7, 11) is 0. The van der Waals surface area contributed by atoms with Crippen LogP contribution in [0.25, 0.3) is 11.0 Å². The van der Waals surface area contributed by atoms with E-state index in [2.05, 4.69) is 16.0 Å². The lowest BCUT2D eigenvalue weighted by atomic mass is 10.2. The van der Waals surface area contributed by atoms with Gasteiger partial charge in [0.25, 0.3) is 0 Å². The summed E-state index contributed by atoms with van der Waals surface area (Å²) in [6.07, 6.45) is 0. The number of hydrogen-bond donors (Lipinski definition) is 1. The third-order valence-electron chi connectivity index (χ3n) is 3.00. The number of H-pyrrole nitrogens is 1. The van der Waals surface area contributed by atoms with Gasteiger partial charge in [0.1, 0.15) is 5.82 Å². The van der Waals surface area contributed by atoms with Crippen LogP contribution < -0.4 is 4.87 Å². The van der Waals surface area contributed by atoms with Crippen molar-refractivity contribution in [3.63, 3.8) is 0 Å². The number of hydrogen-bond acceptors (Lipinski definition) is 3. The number of alkyl halides is 1. The Morgan fingerprint density at radius 1 is 1.47 bits per heavy atom. The van der Waals surface area contributed by atoms with Crippen LogP contribution in [0, 0.1) is 6.92 Å². The topological polar surface area (TPSA) is 50.7 Å². The fraction of sp³-hybridized carbons (Fsp3) is 0.231. The van der Waals surface area contributed by atoms with Gasteiger partial charge in [-0.1, -0.05) is 17.4 Å². The first kappa shape index (κ1) is 12.4. The fourth-order valence-electron chi connectivity index (χ4n) is 2.13. The van der Waals surface area contributed by atoms with Crippen molar-refractivity contribution in [3.05, 3.63) is 50.3 Å². The Morgan fingerprint density at radius 2 is 2.32 bits per heavy atom. The monoisotopic (exact) mass is 293 g/mol. The van der Waals surface area contributed by atoms with Crippen molar-refractivity contribution in [2.45, 2.75) is 19.3 Å². The third-order valence-corrected chi connectivity index (χ3v) is 3.96. The number of aromatic amines is 1. The first-order valence-corrected chi connectivity index (χ1v) is 7.27. The van der Waals surface area contributed by atoms with Crippen molar-refractivity contribution in [2.24, 2.45) is 0 Å². The zero-order valence-electron chi connectivity index (χ0n) is 10.3. The molecule has 0 aliphatic heterocycles. The molecule has 1 aromatic carbocycles. The summed E-state index contributed by atoms with van der Waals surface area (Å²) in [6, 6.07) is 6.13.